The summed E-state index contributed by atoms with van der Waals surface area (Å²) in [4.78, 5) is 25.5. The fraction of sp³-hybridized carbons (Fsp3) is 0.706. The Labute approximate surface area is 235 Å². The second kappa shape index (κ2) is 10.1. The van der Waals surface area contributed by atoms with Crippen molar-refractivity contribution in [2.45, 2.75) is 106 Å². The summed E-state index contributed by atoms with van der Waals surface area (Å²) in [6.07, 6.45) is 15.2. The first-order valence-electron chi connectivity index (χ1n) is 14.9. The summed E-state index contributed by atoms with van der Waals surface area (Å²) in [5, 5.41) is 17.3. The van der Waals surface area contributed by atoms with Crippen molar-refractivity contribution in [3.05, 3.63) is 46.3 Å². The van der Waals surface area contributed by atoms with E-state index in [2.05, 4.69) is 46.8 Å². The molecule has 5 rings (SSSR count). The van der Waals surface area contributed by atoms with Gasteiger partial charge in [0.1, 0.15) is 0 Å². The summed E-state index contributed by atoms with van der Waals surface area (Å²) in [6, 6.07) is 0. The third-order valence-corrected chi connectivity index (χ3v) is 12.0. The van der Waals surface area contributed by atoms with E-state index in [4.69, 9.17) is 9.84 Å². The van der Waals surface area contributed by atoms with Crippen molar-refractivity contribution in [2.75, 3.05) is 13.7 Å². The molecular formula is C34H50O5. The first-order chi connectivity index (χ1) is 18.3. The predicted octanol–water partition coefficient (Wildman–Crippen LogP) is 7.00. The molecule has 6 atom stereocenters. The van der Waals surface area contributed by atoms with Crippen LogP contribution < -0.4 is 0 Å². The van der Waals surface area contributed by atoms with Gasteiger partial charge in [-0.05, 0) is 103 Å². The van der Waals surface area contributed by atoms with Crippen LogP contribution in [0.3, 0.4) is 0 Å². The Bertz CT molecular complexity index is 1170. The minimum atomic E-state index is -0.338. The maximum atomic E-state index is 13.3. The molecule has 0 radical (unpaired) electrons. The van der Waals surface area contributed by atoms with Crippen LogP contribution in [-0.2, 0) is 14.3 Å². The number of carbonyl (C=O) groups excluding carboxylic acids is 2. The number of esters is 1. The van der Waals surface area contributed by atoms with Gasteiger partial charge in [-0.3, -0.25) is 9.59 Å². The minimum Gasteiger partial charge on any atom is -0.422 e. The molecule has 0 aromatic rings. The molecule has 0 heterocycles. The van der Waals surface area contributed by atoms with Crippen molar-refractivity contribution in [2.24, 2.45) is 33.0 Å². The Morgan fingerprint density at radius 3 is 2.31 bits per heavy atom. The zero-order chi connectivity index (χ0) is 29.0. The molecule has 0 bridgehead atoms. The van der Waals surface area contributed by atoms with E-state index in [1.165, 1.54) is 18.4 Å². The van der Waals surface area contributed by atoms with E-state index in [1.807, 2.05) is 13.8 Å². The van der Waals surface area contributed by atoms with Gasteiger partial charge in [-0.15, -0.1) is 0 Å². The molecule has 216 valence electrons. The van der Waals surface area contributed by atoms with Crippen LogP contribution in [0.25, 0.3) is 0 Å². The highest BCUT2D eigenvalue weighted by Gasteiger charge is 2.66. The molecule has 0 aliphatic heterocycles. The molecule has 2 N–H and O–H groups in total. The standard InChI is InChI=1S/C33H46O4.CH4O/c1-8-9-27(36)37-28-21(2)22-10-11-25-31(5,23(22)18-24(28)35)15-17-33(7)26-19-29(3,20-34)12-13-30(26,4)14-16-32(25,33)6;1-2/h10-11,18,26,34H,8-9,12-17,19-20H2,1-7H3;2H,1H3/t26-,29-,30-,31+,32-,33+;/m1./s1. The van der Waals surface area contributed by atoms with Gasteiger partial charge >= 0.3 is 5.97 Å². The van der Waals surface area contributed by atoms with Crippen molar-refractivity contribution >= 4 is 11.8 Å². The van der Waals surface area contributed by atoms with Gasteiger partial charge < -0.3 is 14.9 Å². The smallest absolute Gasteiger partial charge is 0.311 e. The summed E-state index contributed by atoms with van der Waals surface area (Å²) in [5.74, 6) is 0.236. The average Bonchev–Trinajstić information content (AvgIpc) is 2.91. The van der Waals surface area contributed by atoms with Crippen LogP contribution in [0, 0.1) is 33.0 Å². The third-order valence-electron chi connectivity index (χ3n) is 12.0. The van der Waals surface area contributed by atoms with Crippen molar-refractivity contribution < 1.29 is 24.5 Å². The lowest BCUT2D eigenvalue weighted by Gasteiger charge is -2.70. The first-order valence-corrected chi connectivity index (χ1v) is 14.9. The van der Waals surface area contributed by atoms with E-state index >= 15 is 0 Å². The fourth-order valence-corrected chi connectivity index (χ4v) is 9.16. The van der Waals surface area contributed by atoms with Gasteiger partial charge in [-0.1, -0.05) is 59.3 Å². The first kappa shape index (κ1) is 30.0. The number of fused-ring (bicyclic) bond motifs is 7. The molecule has 5 aliphatic rings. The monoisotopic (exact) mass is 538 g/mol. The molecule has 0 aromatic heterocycles. The summed E-state index contributed by atoms with van der Waals surface area (Å²) in [5.41, 5.74) is 4.67. The number of ether oxygens (including phenoxy) is 1. The molecule has 0 saturated heterocycles. The number of aliphatic hydroxyl groups is 2. The lowest BCUT2D eigenvalue weighted by Crippen LogP contribution is -2.61. The van der Waals surface area contributed by atoms with Gasteiger partial charge in [-0.25, -0.2) is 0 Å². The van der Waals surface area contributed by atoms with Gasteiger partial charge in [0.2, 0.25) is 5.78 Å². The average molecular weight is 539 g/mol. The molecule has 3 saturated carbocycles. The summed E-state index contributed by atoms with van der Waals surface area (Å²) < 4.78 is 5.56. The van der Waals surface area contributed by atoms with Gasteiger partial charge in [0, 0.05) is 31.1 Å². The number of hydrogen-bond donors (Lipinski definition) is 2. The Morgan fingerprint density at radius 1 is 1.00 bits per heavy atom. The van der Waals surface area contributed by atoms with Crippen molar-refractivity contribution in [1.82, 2.24) is 0 Å². The van der Waals surface area contributed by atoms with E-state index in [0.29, 0.717) is 24.2 Å². The zero-order valence-electron chi connectivity index (χ0n) is 25.5. The second-order valence-corrected chi connectivity index (χ2v) is 14.2. The number of rotatable bonds is 4. The van der Waals surface area contributed by atoms with Crippen LogP contribution in [0.4, 0.5) is 0 Å². The fourth-order valence-electron chi connectivity index (χ4n) is 9.16. The maximum absolute atomic E-state index is 13.3. The van der Waals surface area contributed by atoms with Crippen LogP contribution >= 0.6 is 0 Å². The molecule has 5 heteroatoms. The lowest BCUT2D eigenvalue weighted by molar-refractivity contribution is -0.165. The normalized spacial score (nSPS) is 40.9. The molecule has 0 unspecified atom stereocenters. The molecule has 3 fully saturated rings. The van der Waals surface area contributed by atoms with E-state index in [0.717, 1.165) is 55.9 Å². The minimum absolute atomic E-state index is 0.00599. The Morgan fingerprint density at radius 2 is 1.67 bits per heavy atom. The Hall–Kier alpha value is -1.98. The van der Waals surface area contributed by atoms with E-state index in [-0.39, 0.29) is 45.8 Å². The number of allylic oxidation sites excluding steroid dienone is 7. The Balaban J connectivity index is 0.00000172. The Kier molecular flexibility index (Phi) is 7.79. The number of carbonyl (C=O) groups is 2. The van der Waals surface area contributed by atoms with Gasteiger partial charge in [-0.2, -0.15) is 0 Å². The van der Waals surface area contributed by atoms with Gasteiger partial charge in [0.25, 0.3) is 0 Å². The van der Waals surface area contributed by atoms with Crippen LogP contribution in [0.5, 0.6) is 0 Å². The molecule has 0 aromatic carbocycles. The highest BCUT2D eigenvalue weighted by Crippen LogP contribution is 2.75. The molecular weight excluding hydrogens is 488 g/mol. The molecule has 39 heavy (non-hydrogen) atoms. The molecule has 0 spiro atoms. The number of hydrogen-bond acceptors (Lipinski definition) is 5. The van der Waals surface area contributed by atoms with Crippen LogP contribution in [0.2, 0.25) is 0 Å². The summed E-state index contributed by atoms with van der Waals surface area (Å²) >= 11 is 0. The maximum Gasteiger partial charge on any atom is 0.311 e. The van der Waals surface area contributed by atoms with Crippen molar-refractivity contribution in [3.63, 3.8) is 0 Å². The van der Waals surface area contributed by atoms with E-state index in [9.17, 15) is 14.7 Å². The summed E-state index contributed by atoms with van der Waals surface area (Å²) in [7, 11) is 1.00. The predicted molar refractivity (Wildman–Crippen MR) is 155 cm³/mol. The molecule has 0 amide bonds. The SMILES string of the molecule is CCCC(=O)OC1=C(C)C2=CC=C3[C@@](C)(CC[C@@]4(C)[C@@H]5C[C@](C)(CO)CC[C@]5(C)CC[C@]34C)C2=CC1=O.CO. The zero-order valence-corrected chi connectivity index (χ0v) is 25.5. The van der Waals surface area contributed by atoms with Gasteiger partial charge in [0.15, 0.2) is 5.76 Å². The number of ketones is 1. The summed E-state index contributed by atoms with van der Waals surface area (Å²) in [6.45, 7) is 16.3. The quantitative estimate of drug-likeness (QED) is 0.377. The number of aliphatic hydroxyl groups excluding tert-OH is 2. The van der Waals surface area contributed by atoms with Crippen LogP contribution in [-0.4, -0.2) is 35.7 Å². The highest BCUT2D eigenvalue weighted by molar-refractivity contribution is 6.08. The lowest BCUT2D eigenvalue weighted by atomic mass is 9.34. The molecule has 5 nitrogen and oxygen atoms in total. The van der Waals surface area contributed by atoms with Crippen LogP contribution in [0.15, 0.2) is 46.3 Å². The van der Waals surface area contributed by atoms with Crippen molar-refractivity contribution in [1.29, 1.82) is 0 Å². The van der Waals surface area contributed by atoms with E-state index < -0.39 is 0 Å². The second-order valence-electron chi connectivity index (χ2n) is 14.2. The van der Waals surface area contributed by atoms with Crippen molar-refractivity contribution in [3.8, 4) is 0 Å². The molecule has 5 aliphatic carbocycles. The van der Waals surface area contributed by atoms with E-state index in [1.54, 1.807) is 6.08 Å². The third kappa shape index (κ3) is 4.34. The largest absolute Gasteiger partial charge is 0.422 e. The highest BCUT2D eigenvalue weighted by atomic mass is 16.5. The topological polar surface area (TPSA) is 83.8 Å². The van der Waals surface area contributed by atoms with Crippen LogP contribution in [0.1, 0.15) is 106 Å². The van der Waals surface area contributed by atoms with Gasteiger partial charge in [0.05, 0.1) is 0 Å².